The molecule has 0 fully saturated rings. The molecule has 0 aliphatic heterocycles. The number of benzene rings is 2. The number of imidazole rings is 1. The Labute approximate surface area is 134 Å². The van der Waals surface area contributed by atoms with E-state index in [1.165, 1.54) is 30.3 Å². The van der Waals surface area contributed by atoms with Crippen LogP contribution in [0, 0.1) is 0 Å². The Hall–Kier alpha value is -2.59. The summed E-state index contributed by atoms with van der Waals surface area (Å²) >= 11 is 0. The first-order valence-corrected chi connectivity index (χ1v) is 8.16. The lowest BCUT2D eigenvalue weighted by atomic mass is 10.2. The van der Waals surface area contributed by atoms with Crippen LogP contribution in [0.4, 0.5) is 24.8 Å². The number of sulfonamides is 1. The second kappa shape index (κ2) is 5.49. The van der Waals surface area contributed by atoms with Crippen molar-refractivity contribution in [1.29, 1.82) is 0 Å². The van der Waals surface area contributed by atoms with Gasteiger partial charge in [0.05, 0.1) is 16.8 Å². The SMILES string of the molecule is NS(=O)(=O)c1ccccc1Nc1nc2c(C(F)(F)F)cccc2[nH]1. The first kappa shape index (κ1) is 16.3. The molecule has 2 aromatic carbocycles. The number of nitrogens with two attached hydrogens (primary N) is 1. The van der Waals surface area contributed by atoms with Gasteiger partial charge in [0.1, 0.15) is 10.4 Å². The van der Waals surface area contributed by atoms with Gasteiger partial charge in [0.2, 0.25) is 16.0 Å². The molecule has 10 heteroatoms. The minimum absolute atomic E-state index is 0.0298. The standard InChI is InChI=1S/C14H11F3N4O2S/c15-14(16,17)8-4-3-6-10-12(8)21-13(20-10)19-9-5-1-2-7-11(9)24(18,22)23/h1-7H,(H2,18,22,23)(H2,19,20,21). The molecule has 0 bridgehead atoms. The number of aromatic nitrogens is 2. The number of anilines is 2. The van der Waals surface area contributed by atoms with Crippen molar-refractivity contribution in [3.8, 4) is 0 Å². The van der Waals surface area contributed by atoms with Crippen LogP contribution in [0.1, 0.15) is 5.56 Å². The van der Waals surface area contributed by atoms with Gasteiger partial charge in [-0.1, -0.05) is 18.2 Å². The number of hydrogen-bond donors (Lipinski definition) is 3. The number of nitrogens with zero attached hydrogens (tertiary/aromatic N) is 1. The second-order valence-corrected chi connectivity index (χ2v) is 6.48. The second-order valence-electron chi connectivity index (χ2n) is 4.95. The van der Waals surface area contributed by atoms with Crippen LogP contribution in [0.25, 0.3) is 11.0 Å². The first-order chi connectivity index (χ1) is 11.2. The number of nitrogens with one attached hydrogen (secondary N) is 2. The molecule has 24 heavy (non-hydrogen) atoms. The Balaban J connectivity index is 2.07. The molecule has 0 aliphatic carbocycles. The van der Waals surface area contributed by atoms with Crippen molar-refractivity contribution in [2.75, 3.05) is 5.32 Å². The summed E-state index contributed by atoms with van der Waals surface area (Å²) in [5, 5.41) is 7.77. The van der Waals surface area contributed by atoms with Crippen molar-refractivity contribution in [2.24, 2.45) is 5.14 Å². The Morgan fingerprint density at radius 2 is 1.79 bits per heavy atom. The predicted octanol–water partition coefficient (Wildman–Crippen LogP) is 2.97. The molecule has 0 unspecified atom stereocenters. The van der Waals surface area contributed by atoms with Crippen molar-refractivity contribution in [1.82, 2.24) is 9.97 Å². The fourth-order valence-corrected chi connectivity index (χ4v) is 2.96. The Bertz CT molecular complexity index is 1010. The molecule has 0 amide bonds. The lowest BCUT2D eigenvalue weighted by molar-refractivity contribution is -0.136. The molecule has 0 spiro atoms. The molecule has 0 aliphatic rings. The minimum atomic E-state index is -4.55. The highest BCUT2D eigenvalue weighted by atomic mass is 32.2. The third-order valence-electron chi connectivity index (χ3n) is 3.26. The number of halogens is 3. The van der Waals surface area contributed by atoms with Gasteiger partial charge in [-0.25, -0.2) is 18.5 Å². The van der Waals surface area contributed by atoms with E-state index in [-0.39, 0.29) is 27.6 Å². The summed E-state index contributed by atoms with van der Waals surface area (Å²) in [6.45, 7) is 0. The summed E-state index contributed by atoms with van der Waals surface area (Å²) in [7, 11) is -4.00. The number of aromatic amines is 1. The van der Waals surface area contributed by atoms with E-state index >= 15 is 0 Å². The van der Waals surface area contributed by atoms with E-state index in [1.807, 2.05) is 0 Å². The zero-order chi connectivity index (χ0) is 17.5. The van der Waals surface area contributed by atoms with Crippen LogP contribution >= 0.6 is 0 Å². The average Bonchev–Trinajstić information content (AvgIpc) is 2.87. The number of fused-ring (bicyclic) bond motifs is 1. The average molecular weight is 356 g/mol. The zero-order valence-corrected chi connectivity index (χ0v) is 12.7. The fraction of sp³-hybridized carbons (Fsp3) is 0.0714. The van der Waals surface area contributed by atoms with Crippen LogP contribution in [0.15, 0.2) is 47.4 Å². The highest BCUT2D eigenvalue weighted by Gasteiger charge is 2.33. The molecule has 6 nitrogen and oxygen atoms in total. The molecule has 126 valence electrons. The summed E-state index contributed by atoms with van der Waals surface area (Å²) in [6.07, 6.45) is -4.55. The van der Waals surface area contributed by atoms with Crippen molar-refractivity contribution in [2.45, 2.75) is 11.1 Å². The Morgan fingerprint density at radius 3 is 2.46 bits per heavy atom. The van der Waals surface area contributed by atoms with Crippen LogP contribution in [0.3, 0.4) is 0 Å². The van der Waals surface area contributed by atoms with E-state index in [2.05, 4.69) is 15.3 Å². The summed E-state index contributed by atoms with van der Waals surface area (Å²) in [5.74, 6) is -0.0298. The summed E-state index contributed by atoms with van der Waals surface area (Å²) in [6, 6.07) is 9.36. The van der Waals surface area contributed by atoms with Crippen LogP contribution in [-0.2, 0) is 16.2 Å². The van der Waals surface area contributed by atoms with Crippen molar-refractivity contribution >= 4 is 32.7 Å². The number of rotatable bonds is 3. The summed E-state index contributed by atoms with van der Waals surface area (Å²) in [4.78, 5) is 6.36. The first-order valence-electron chi connectivity index (χ1n) is 6.61. The highest BCUT2D eigenvalue weighted by molar-refractivity contribution is 7.89. The van der Waals surface area contributed by atoms with Gasteiger partial charge in [0, 0.05) is 0 Å². The van der Waals surface area contributed by atoms with E-state index in [9.17, 15) is 21.6 Å². The number of para-hydroxylation sites is 2. The van der Waals surface area contributed by atoms with E-state index < -0.39 is 21.8 Å². The van der Waals surface area contributed by atoms with Crippen LogP contribution in [0.2, 0.25) is 0 Å². The number of hydrogen-bond acceptors (Lipinski definition) is 4. The molecule has 1 heterocycles. The normalized spacial score (nSPS) is 12.5. The molecule has 0 atom stereocenters. The maximum atomic E-state index is 13.0. The summed E-state index contributed by atoms with van der Waals surface area (Å²) in [5.41, 5.74) is -0.877. The topological polar surface area (TPSA) is 101 Å². The molecular weight excluding hydrogens is 345 g/mol. The van der Waals surface area contributed by atoms with E-state index in [0.29, 0.717) is 0 Å². The monoisotopic (exact) mass is 356 g/mol. The molecule has 4 N–H and O–H groups in total. The molecule has 0 saturated heterocycles. The van der Waals surface area contributed by atoms with Crippen LogP contribution in [-0.4, -0.2) is 18.4 Å². The van der Waals surface area contributed by atoms with Gasteiger partial charge in [0.25, 0.3) is 0 Å². The molecular formula is C14H11F3N4O2S. The maximum absolute atomic E-state index is 13.0. The maximum Gasteiger partial charge on any atom is 0.418 e. The molecule has 0 saturated carbocycles. The third-order valence-corrected chi connectivity index (χ3v) is 4.23. The summed E-state index contributed by atoms with van der Waals surface area (Å²) < 4.78 is 62.1. The molecule has 0 radical (unpaired) electrons. The largest absolute Gasteiger partial charge is 0.418 e. The van der Waals surface area contributed by atoms with Gasteiger partial charge in [-0.2, -0.15) is 13.2 Å². The third kappa shape index (κ3) is 3.05. The lowest BCUT2D eigenvalue weighted by Gasteiger charge is -2.07. The van der Waals surface area contributed by atoms with Crippen LogP contribution < -0.4 is 10.5 Å². The smallest absolute Gasteiger partial charge is 0.325 e. The van der Waals surface area contributed by atoms with E-state index in [0.717, 1.165) is 6.07 Å². The number of primary sulfonamides is 1. The van der Waals surface area contributed by atoms with Crippen molar-refractivity contribution < 1.29 is 21.6 Å². The minimum Gasteiger partial charge on any atom is -0.325 e. The lowest BCUT2D eigenvalue weighted by Crippen LogP contribution is -2.14. The van der Waals surface area contributed by atoms with Gasteiger partial charge in [-0.05, 0) is 24.3 Å². The van der Waals surface area contributed by atoms with Crippen LogP contribution in [0.5, 0.6) is 0 Å². The predicted molar refractivity (Wildman–Crippen MR) is 82.2 cm³/mol. The fourth-order valence-electron chi connectivity index (χ4n) is 2.27. The van der Waals surface area contributed by atoms with E-state index in [1.54, 1.807) is 6.07 Å². The molecule has 3 rings (SSSR count). The van der Waals surface area contributed by atoms with Gasteiger partial charge >= 0.3 is 6.18 Å². The van der Waals surface area contributed by atoms with E-state index in [4.69, 9.17) is 5.14 Å². The van der Waals surface area contributed by atoms with Crippen molar-refractivity contribution in [3.05, 3.63) is 48.0 Å². The van der Waals surface area contributed by atoms with Crippen molar-refractivity contribution in [3.63, 3.8) is 0 Å². The Morgan fingerprint density at radius 1 is 1.08 bits per heavy atom. The molecule has 3 aromatic rings. The van der Waals surface area contributed by atoms with Gasteiger partial charge < -0.3 is 10.3 Å². The Kier molecular flexibility index (Phi) is 3.73. The molecule has 1 aromatic heterocycles. The number of H-pyrrole nitrogens is 1. The quantitative estimate of drug-likeness (QED) is 0.671. The van der Waals surface area contributed by atoms with Gasteiger partial charge in [-0.3, -0.25) is 0 Å². The van der Waals surface area contributed by atoms with Gasteiger partial charge in [0.15, 0.2) is 0 Å². The highest BCUT2D eigenvalue weighted by Crippen LogP contribution is 2.34. The number of alkyl halides is 3. The zero-order valence-electron chi connectivity index (χ0n) is 11.9. The van der Waals surface area contributed by atoms with Gasteiger partial charge in [-0.15, -0.1) is 0 Å².